The average Bonchev–Trinajstić information content (AvgIpc) is 2.63. The molecule has 2 N–H and O–H groups in total. The molecule has 16 heavy (non-hydrogen) atoms. The number of aliphatic carboxylic acids is 1. The third-order valence-electron chi connectivity index (χ3n) is 2.20. The third-order valence-corrected chi connectivity index (χ3v) is 2.20. The van der Waals surface area contributed by atoms with Gasteiger partial charge in [-0.1, -0.05) is 12.1 Å². The van der Waals surface area contributed by atoms with E-state index in [-0.39, 0.29) is 6.54 Å². The van der Waals surface area contributed by atoms with Gasteiger partial charge in [-0.15, -0.1) is 0 Å². The molecule has 0 fully saturated rings. The number of carbonyl (C=O) groups is 1. The van der Waals surface area contributed by atoms with Crippen LogP contribution in [0.25, 0.3) is 0 Å². The van der Waals surface area contributed by atoms with E-state index in [1.807, 2.05) is 6.92 Å². The van der Waals surface area contributed by atoms with Crippen LogP contribution in [0.4, 0.5) is 0 Å². The van der Waals surface area contributed by atoms with Gasteiger partial charge in [-0.3, -0.25) is 10.1 Å². The van der Waals surface area contributed by atoms with Gasteiger partial charge >= 0.3 is 5.97 Å². The fourth-order valence-corrected chi connectivity index (χ4v) is 1.06. The van der Waals surface area contributed by atoms with Crippen molar-refractivity contribution >= 4 is 5.97 Å². The average molecular weight is 227 g/mol. The van der Waals surface area contributed by atoms with Crippen LogP contribution in [0.1, 0.15) is 38.9 Å². The Balaban J connectivity index is 2.51. The highest BCUT2D eigenvalue weighted by Gasteiger charge is 2.26. The predicted octanol–water partition coefficient (Wildman–Crippen LogP) is 0.975. The molecule has 0 bridgehead atoms. The van der Waals surface area contributed by atoms with Crippen LogP contribution in [0, 0.1) is 0 Å². The minimum atomic E-state index is -1.00. The smallest absolute Gasteiger partial charge is 0.323 e. The summed E-state index contributed by atoms with van der Waals surface area (Å²) >= 11 is 0. The van der Waals surface area contributed by atoms with Gasteiger partial charge in [-0.2, -0.15) is 4.98 Å². The van der Waals surface area contributed by atoms with Crippen LogP contribution < -0.4 is 5.32 Å². The van der Waals surface area contributed by atoms with Crippen molar-refractivity contribution in [1.29, 1.82) is 0 Å². The number of aromatic nitrogens is 2. The van der Waals surface area contributed by atoms with E-state index in [0.717, 1.165) is 12.8 Å². The molecule has 6 heteroatoms. The molecule has 1 aromatic rings. The lowest BCUT2D eigenvalue weighted by Crippen LogP contribution is -2.46. The van der Waals surface area contributed by atoms with Crippen molar-refractivity contribution < 1.29 is 14.4 Å². The summed E-state index contributed by atoms with van der Waals surface area (Å²) in [5, 5.41) is 15.5. The summed E-state index contributed by atoms with van der Waals surface area (Å²) in [5.41, 5.74) is -1.00. The number of aryl methyl sites for hydroxylation is 1. The van der Waals surface area contributed by atoms with E-state index in [1.165, 1.54) is 0 Å². The molecule has 0 saturated heterocycles. The van der Waals surface area contributed by atoms with Crippen LogP contribution in [-0.4, -0.2) is 26.8 Å². The molecule has 0 saturated carbocycles. The maximum Gasteiger partial charge on any atom is 0.323 e. The molecule has 0 aromatic carbocycles. The quantitative estimate of drug-likeness (QED) is 0.753. The lowest BCUT2D eigenvalue weighted by atomic mass is 10.1. The minimum Gasteiger partial charge on any atom is -0.480 e. The summed E-state index contributed by atoms with van der Waals surface area (Å²) in [6, 6.07) is 0. The third kappa shape index (κ3) is 3.30. The van der Waals surface area contributed by atoms with Crippen LogP contribution in [0.15, 0.2) is 4.52 Å². The predicted molar refractivity (Wildman–Crippen MR) is 56.8 cm³/mol. The van der Waals surface area contributed by atoms with E-state index in [2.05, 4.69) is 15.5 Å². The molecule has 6 nitrogen and oxygen atoms in total. The summed E-state index contributed by atoms with van der Waals surface area (Å²) in [7, 11) is 0. The van der Waals surface area contributed by atoms with Crippen molar-refractivity contribution in [3.8, 4) is 0 Å². The normalized spacial score (nSPS) is 11.7. The molecule has 0 aliphatic carbocycles. The molecular weight excluding hydrogens is 210 g/mol. The van der Waals surface area contributed by atoms with Gasteiger partial charge in [0.2, 0.25) is 5.89 Å². The largest absolute Gasteiger partial charge is 0.480 e. The first kappa shape index (κ1) is 12.6. The molecule has 1 heterocycles. The molecule has 0 aliphatic heterocycles. The van der Waals surface area contributed by atoms with Crippen molar-refractivity contribution in [3.63, 3.8) is 0 Å². The Hall–Kier alpha value is -1.43. The van der Waals surface area contributed by atoms with Gasteiger partial charge in [0, 0.05) is 6.42 Å². The first-order valence-corrected chi connectivity index (χ1v) is 5.25. The highest BCUT2D eigenvalue weighted by molar-refractivity contribution is 5.77. The first-order valence-electron chi connectivity index (χ1n) is 5.25. The molecule has 1 rings (SSSR count). The van der Waals surface area contributed by atoms with Crippen LogP contribution >= 0.6 is 0 Å². The number of hydrogen-bond donors (Lipinski definition) is 2. The van der Waals surface area contributed by atoms with Gasteiger partial charge < -0.3 is 9.63 Å². The van der Waals surface area contributed by atoms with E-state index in [9.17, 15) is 4.79 Å². The lowest BCUT2D eigenvalue weighted by Gasteiger charge is -2.19. The van der Waals surface area contributed by atoms with Crippen LogP contribution in [-0.2, 0) is 17.8 Å². The Morgan fingerprint density at radius 2 is 2.25 bits per heavy atom. The van der Waals surface area contributed by atoms with E-state index in [0.29, 0.717) is 11.7 Å². The van der Waals surface area contributed by atoms with Crippen molar-refractivity contribution in [2.75, 3.05) is 0 Å². The Morgan fingerprint density at radius 3 is 2.81 bits per heavy atom. The topological polar surface area (TPSA) is 88.2 Å². The monoisotopic (exact) mass is 227 g/mol. The standard InChI is InChI=1S/C10H17N3O3/c1-4-5-7-12-8(16-13-7)6-11-10(2,3)9(14)15/h11H,4-6H2,1-3H3,(H,14,15). The molecule has 0 spiro atoms. The van der Waals surface area contributed by atoms with Crippen LogP contribution in [0.3, 0.4) is 0 Å². The highest BCUT2D eigenvalue weighted by Crippen LogP contribution is 2.05. The first-order chi connectivity index (χ1) is 7.45. The van der Waals surface area contributed by atoms with E-state index in [1.54, 1.807) is 13.8 Å². The number of carboxylic acids is 1. The maximum atomic E-state index is 10.8. The molecule has 0 aliphatic rings. The van der Waals surface area contributed by atoms with Gasteiger partial charge in [0.25, 0.3) is 0 Å². The molecule has 0 atom stereocenters. The molecule has 0 amide bonds. The van der Waals surface area contributed by atoms with E-state index < -0.39 is 11.5 Å². The van der Waals surface area contributed by atoms with Crippen molar-refractivity contribution in [1.82, 2.24) is 15.5 Å². The second kappa shape index (κ2) is 5.07. The summed E-state index contributed by atoms with van der Waals surface area (Å²) in [4.78, 5) is 15.0. The zero-order chi connectivity index (χ0) is 12.2. The van der Waals surface area contributed by atoms with Gasteiger partial charge in [0.1, 0.15) is 5.54 Å². The molecule has 0 radical (unpaired) electrons. The van der Waals surface area contributed by atoms with E-state index in [4.69, 9.17) is 9.63 Å². The van der Waals surface area contributed by atoms with Crippen LogP contribution in [0.2, 0.25) is 0 Å². The van der Waals surface area contributed by atoms with Gasteiger partial charge in [-0.25, -0.2) is 0 Å². The Kier molecular flexibility index (Phi) is 4.00. The maximum absolute atomic E-state index is 10.8. The van der Waals surface area contributed by atoms with E-state index >= 15 is 0 Å². The number of nitrogens with zero attached hydrogens (tertiary/aromatic N) is 2. The fourth-order valence-electron chi connectivity index (χ4n) is 1.06. The zero-order valence-electron chi connectivity index (χ0n) is 9.78. The second-order valence-electron chi connectivity index (χ2n) is 4.14. The number of hydrogen-bond acceptors (Lipinski definition) is 5. The SMILES string of the molecule is CCCc1noc(CNC(C)(C)C(=O)O)n1. The Bertz CT molecular complexity index is 360. The van der Waals surface area contributed by atoms with Gasteiger partial charge in [0.15, 0.2) is 5.82 Å². The van der Waals surface area contributed by atoms with Crippen molar-refractivity contribution in [3.05, 3.63) is 11.7 Å². The van der Waals surface area contributed by atoms with Gasteiger partial charge in [-0.05, 0) is 20.3 Å². The lowest BCUT2D eigenvalue weighted by molar-refractivity contribution is -0.143. The molecule has 0 unspecified atom stereocenters. The highest BCUT2D eigenvalue weighted by atomic mass is 16.5. The molecule has 90 valence electrons. The summed E-state index contributed by atoms with van der Waals surface area (Å²) in [5.74, 6) is 0.158. The molecular formula is C10H17N3O3. The zero-order valence-corrected chi connectivity index (χ0v) is 9.78. The second-order valence-corrected chi connectivity index (χ2v) is 4.14. The number of nitrogens with one attached hydrogen (secondary N) is 1. The number of carboxylic acid groups (broad SMARTS) is 1. The Labute approximate surface area is 94.0 Å². The number of rotatable bonds is 6. The fraction of sp³-hybridized carbons (Fsp3) is 0.700. The molecule has 1 aromatic heterocycles. The summed E-state index contributed by atoms with van der Waals surface area (Å²) < 4.78 is 4.98. The Morgan fingerprint density at radius 1 is 1.56 bits per heavy atom. The summed E-state index contributed by atoms with van der Waals surface area (Å²) in [6.45, 7) is 5.45. The summed E-state index contributed by atoms with van der Waals surface area (Å²) in [6.07, 6.45) is 1.72. The minimum absolute atomic E-state index is 0.260. The van der Waals surface area contributed by atoms with Crippen LogP contribution in [0.5, 0.6) is 0 Å². The van der Waals surface area contributed by atoms with Crippen molar-refractivity contribution in [2.24, 2.45) is 0 Å². The van der Waals surface area contributed by atoms with Crippen molar-refractivity contribution in [2.45, 2.75) is 45.7 Å². The van der Waals surface area contributed by atoms with Gasteiger partial charge in [0.05, 0.1) is 6.54 Å².